The van der Waals surface area contributed by atoms with Crippen LogP contribution < -0.4 is 16.0 Å². The quantitative estimate of drug-likeness (QED) is 0.665. The highest BCUT2D eigenvalue weighted by molar-refractivity contribution is 9.10. The lowest BCUT2D eigenvalue weighted by atomic mass is 9.91. The molecule has 1 aromatic carbocycles. The van der Waals surface area contributed by atoms with Crippen LogP contribution in [0.2, 0.25) is 0 Å². The van der Waals surface area contributed by atoms with E-state index >= 15 is 0 Å². The molecule has 3 N–H and O–H groups in total. The molecule has 5 heteroatoms. The van der Waals surface area contributed by atoms with Crippen molar-refractivity contribution in [2.24, 2.45) is 5.84 Å². The van der Waals surface area contributed by atoms with Crippen LogP contribution in [0.1, 0.15) is 16.4 Å². The molecule has 100 valence electrons. The van der Waals surface area contributed by atoms with Gasteiger partial charge in [0.05, 0.1) is 6.61 Å². The van der Waals surface area contributed by atoms with Crippen LogP contribution in [-0.2, 0) is 6.42 Å². The van der Waals surface area contributed by atoms with Crippen LogP contribution in [0.15, 0.2) is 40.2 Å². The van der Waals surface area contributed by atoms with Gasteiger partial charge in [0.25, 0.3) is 0 Å². The number of halogens is 1. The molecule has 0 saturated heterocycles. The average molecular weight is 339 g/mol. The third kappa shape index (κ3) is 2.56. The summed E-state index contributed by atoms with van der Waals surface area (Å²) in [4.78, 5) is 1.31. The lowest BCUT2D eigenvalue weighted by Crippen LogP contribution is -2.41. The fraction of sp³-hybridized carbons (Fsp3) is 0.286. The number of hydrogen-bond acceptors (Lipinski definition) is 4. The highest BCUT2D eigenvalue weighted by Gasteiger charge is 2.31. The van der Waals surface area contributed by atoms with Crippen LogP contribution in [0.25, 0.3) is 0 Å². The van der Waals surface area contributed by atoms with Crippen LogP contribution in [0.4, 0.5) is 0 Å². The molecule has 1 aliphatic rings. The number of fused-ring (bicyclic) bond motifs is 1. The molecule has 0 radical (unpaired) electrons. The van der Waals surface area contributed by atoms with E-state index in [4.69, 9.17) is 10.6 Å². The Morgan fingerprint density at radius 2 is 2.26 bits per heavy atom. The van der Waals surface area contributed by atoms with Gasteiger partial charge in [0.15, 0.2) is 0 Å². The molecule has 0 spiro atoms. The minimum atomic E-state index is 0.179. The number of ether oxygens (including phenoxy) is 1. The Labute approximate surface area is 124 Å². The summed E-state index contributed by atoms with van der Waals surface area (Å²) in [5.41, 5.74) is 4.20. The molecule has 1 aliphatic heterocycles. The second kappa shape index (κ2) is 5.63. The van der Waals surface area contributed by atoms with Crippen molar-refractivity contribution in [3.8, 4) is 5.75 Å². The van der Waals surface area contributed by atoms with E-state index in [2.05, 4.69) is 44.9 Å². The SMILES string of the molecule is NNC(Cc1sccc1Br)C1COc2ccccc21. The molecule has 19 heavy (non-hydrogen) atoms. The Kier molecular flexibility index (Phi) is 3.88. The first-order valence-electron chi connectivity index (χ1n) is 6.19. The van der Waals surface area contributed by atoms with Gasteiger partial charge < -0.3 is 4.74 Å². The van der Waals surface area contributed by atoms with E-state index in [1.807, 2.05) is 12.1 Å². The lowest BCUT2D eigenvalue weighted by Gasteiger charge is -2.21. The average Bonchev–Trinajstić information content (AvgIpc) is 3.03. The van der Waals surface area contributed by atoms with Crippen molar-refractivity contribution in [2.45, 2.75) is 18.4 Å². The van der Waals surface area contributed by atoms with E-state index in [0.29, 0.717) is 12.5 Å². The van der Waals surface area contributed by atoms with Gasteiger partial charge in [-0.2, -0.15) is 0 Å². The van der Waals surface area contributed by atoms with Crippen molar-refractivity contribution in [1.29, 1.82) is 0 Å². The number of para-hydroxylation sites is 1. The molecule has 0 amide bonds. The summed E-state index contributed by atoms with van der Waals surface area (Å²) >= 11 is 5.32. The minimum Gasteiger partial charge on any atom is -0.493 e. The van der Waals surface area contributed by atoms with E-state index in [-0.39, 0.29) is 6.04 Å². The fourth-order valence-corrected chi connectivity index (χ4v) is 4.08. The van der Waals surface area contributed by atoms with Crippen molar-refractivity contribution in [3.05, 3.63) is 50.6 Å². The van der Waals surface area contributed by atoms with Crippen LogP contribution in [-0.4, -0.2) is 12.6 Å². The maximum Gasteiger partial charge on any atom is 0.122 e. The first-order valence-corrected chi connectivity index (χ1v) is 7.86. The van der Waals surface area contributed by atoms with Gasteiger partial charge in [-0.15, -0.1) is 11.3 Å². The zero-order valence-electron chi connectivity index (χ0n) is 10.3. The van der Waals surface area contributed by atoms with Crippen molar-refractivity contribution in [3.63, 3.8) is 0 Å². The van der Waals surface area contributed by atoms with E-state index in [9.17, 15) is 0 Å². The number of thiophene rings is 1. The number of hydrazine groups is 1. The summed E-state index contributed by atoms with van der Waals surface area (Å²) in [5, 5.41) is 2.09. The van der Waals surface area contributed by atoms with E-state index in [1.54, 1.807) is 11.3 Å². The van der Waals surface area contributed by atoms with Gasteiger partial charge in [-0.05, 0) is 33.4 Å². The largest absolute Gasteiger partial charge is 0.493 e. The predicted molar refractivity (Wildman–Crippen MR) is 81.5 cm³/mol. The predicted octanol–water partition coefficient (Wildman–Crippen LogP) is 3.06. The topological polar surface area (TPSA) is 47.3 Å². The van der Waals surface area contributed by atoms with Gasteiger partial charge in [-0.25, -0.2) is 0 Å². The molecular weight excluding hydrogens is 324 g/mol. The standard InChI is InChI=1S/C14H15BrN2OS/c15-11-5-6-19-14(11)7-12(17-16)10-8-18-13-4-2-1-3-9(10)13/h1-6,10,12,17H,7-8,16H2. The summed E-state index contributed by atoms with van der Waals surface area (Å²) in [6.07, 6.45) is 0.900. The molecule has 2 atom stereocenters. The van der Waals surface area contributed by atoms with E-state index < -0.39 is 0 Å². The Morgan fingerprint density at radius 3 is 3.00 bits per heavy atom. The molecule has 3 nitrogen and oxygen atoms in total. The third-order valence-electron chi connectivity index (χ3n) is 3.53. The van der Waals surface area contributed by atoms with Crippen molar-refractivity contribution in [1.82, 2.24) is 5.43 Å². The number of nitrogens with two attached hydrogens (primary N) is 1. The molecule has 1 aromatic heterocycles. The van der Waals surface area contributed by atoms with Gasteiger partial charge in [0.1, 0.15) is 5.75 Å². The third-order valence-corrected chi connectivity index (χ3v) is 5.48. The maximum absolute atomic E-state index is 5.76. The summed E-state index contributed by atoms with van der Waals surface area (Å²) in [6.45, 7) is 0.692. The first-order chi connectivity index (χ1) is 9.29. The van der Waals surface area contributed by atoms with Crippen LogP contribution in [0.3, 0.4) is 0 Å². The minimum absolute atomic E-state index is 0.179. The fourth-order valence-electron chi connectivity index (χ4n) is 2.51. The number of rotatable bonds is 4. The first kappa shape index (κ1) is 13.1. The molecule has 2 unspecified atom stereocenters. The molecule has 0 fully saturated rings. The van der Waals surface area contributed by atoms with Gasteiger partial charge in [-0.1, -0.05) is 18.2 Å². The smallest absolute Gasteiger partial charge is 0.122 e. The maximum atomic E-state index is 5.76. The highest BCUT2D eigenvalue weighted by Crippen LogP contribution is 2.37. The van der Waals surface area contributed by atoms with Crippen molar-refractivity contribution >= 4 is 27.3 Å². The van der Waals surface area contributed by atoms with Gasteiger partial charge in [0, 0.05) is 33.3 Å². The van der Waals surface area contributed by atoms with Gasteiger partial charge in [0.2, 0.25) is 0 Å². The zero-order chi connectivity index (χ0) is 13.2. The van der Waals surface area contributed by atoms with Crippen LogP contribution in [0.5, 0.6) is 5.75 Å². The second-order valence-electron chi connectivity index (χ2n) is 4.62. The van der Waals surface area contributed by atoms with Crippen molar-refractivity contribution < 1.29 is 4.74 Å². The van der Waals surface area contributed by atoms with Gasteiger partial charge >= 0.3 is 0 Å². The van der Waals surface area contributed by atoms with Gasteiger partial charge in [-0.3, -0.25) is 11.3 Å². The van der Waals surface area contributed by atoms with Crippen molar-refractivity contribution in [2.75, 3.05) is 6.61 Å². The lowest BCUT2D eigenvalue weighted by molar-refractivity contribution is 0.298. The Bertz CT molecular complexity index is 572. The van der Waals surface area contributed by atoms with E-state index in [1.165, 1.54) is 10.4 Å². The normalized spacial score (nSPS) is 18.9. The zero-order valence-corrected chi connectivity index (χ0v) is 12.7. The molecule has 2 aromatic rings. The molecule has 3 rings (SSSR count). The molecule has 0 saturated carbocycles. The number of benzene rings is 1. The molecular formula is C14H15BrN2OS. The summed E-state index contributed by atoms with van der Waals surface area (Å²) in [5.74, 6) is 7.05. The Hall–Kier alpha value is -0.880. The highest BCUT2D eigenvalue weighted by atomic mass is 79.9. The molecule has 0 bridgehead atoms. The Balaban J connectivity index is 1.82. The summed E-state index contributed by atoms with van der Waals surface area (Å²) in [7, 11) is 0. The van der Waals surface area contributed by atoms with Crippen LogP contribution in [0, 0.1) is 0 Å². The second-order valence-corrected chi connectivity index (χ2v) is 6.48. The molecule has 2 heterocycles. The number of nitrogens with one attached hydrogen (secondary N) is 1. The summed E-state index contributed by atoms with van der Waals surface area (Å²) in [6, 6.07) is 10.5. The van der Waals surface area contributed by atoms with E-state index in [0.717, 1.165) is 16.6 Å². The summed E-state index contributed by atoms with van der Waals surface area (Å²) < 4.78 is 6.90. The Morgan fingerprint density at radius 1 is 1.42 bits per heavy atom. The van der Waals surface area contributed by atoms with Crippen LogP contribution >= 0.6 is 27.3 Å². The number of hydrogen-bond donors (Lipinski definition) is 2. The molecule has 0 aliphatic carbocycles. The monoisotopic (exact) mass is 338 g/mol.